The molecule has 21 nitrogen and oxygen atoms in total. The van der Waals surface area contributed by atoms with E-state index in [2.05, 4.69) is 41.7 Å². The first kappa shape index (κ1) is 47.2. The normalized spacial score (nSPS) is 15.5. The minimum atomic E-state index is -1.82. The van der Waals surface area contributed by atoms with Crippen molar-refractivity contribution < 1.29 is 53.8 Å². The van der Waals surface area contributed by atoms with Crippen molar-refractivity contribution in [2.75, 3.05) is 51.1 Å². The monoisotopic (exact) mass is 817 g/mol. The summed E-state index contributed by atoms with van der Waals surface area (Å²) in [5.41, 5.74) is 1.78. The number of hydrogen-bond donors (Lipinski definition) is 9. The number of nitrogens with one attached hydrogen (secondary N) is 5. The Labute approximate surface area is 335 Å². The molecule has 0 radical (unpaired) electrons. The Hall–Kier alpha value is -5.16. The zero-order chi connectivity index (χ0) is 42.8. The molecule has 21 heteroatoms. The molecule has 0 aliphatic carbocycles. The maximum Gasteiger partial charge on any atom is 0.327 e. The third kappa shape index (κ3) is 13.5. The van der Waals surface area contributed by atoms with Crippen LogP contribution in [0.4, 0.5) is 16.3 Å². The molecule has 2 heterocycles. The molecular formula is C37H55N9O12. The van der Waals surface area contributed by atoms with Gasteiger partial charge in [-0.25, -0.2) is 14.8 Å². The van der Waals surface area contributed by atoms with Crippen LogP contribution >= 0.6 is 0 Å². The highest BCUT2D eigenvalue weighted by molar-refractivity contribution is 5.94. The van der Waals surface area contributed by atoms with E-state index in [1.165, 1.54) is 31.9 Å². The topological polar surface area (TPSA) is 297 Å². The zero-order valence-corrected chi connectivity index (χ0v) is 33.2. The number of amides is 4. The van der Waals surface area contributed by atoms with Crippen LogP contribution in [0.25, 0.3) is 11.0 Å². The summed E-state index contributed by atoms with van der Waals surface area (Å²) >= 11 is 0. The summed E-state index contributed by atoms with van der Waals surface area (Å²) in [5, 5.41) is 58.6. The van der Waals surface area contributed by atoms with Gasteiger partial charge in [-0.2, -0.15) is 4.91 Å². The fourth-order valence-electron chi connectivity index (χ4n) is 5.93. The molecule has 0 aliphatic rings. The van der Waals surface area contributed by atoms with Gasteiger partial charge < -0.3 is 61.2 Å². The van der Waals surface area contributed by atoms with Crippen LogP contribution in [0.1, 0.15) is 45.6 Å². The van der Waals surface area contributed by atoms with Crippen molar-refractivity contribution in [1.82, 2.24) is 30.5 Å². The summed E-state index contributed by atoms with van der Waals surface area (Å²) in [6.07, 6.45) is -5.36. The Morgan fingerprint density at radius 3 is 2.31 bits per heavy atom. The molecule has 5 unspecified atom stereocenters. The molecule has 9 N–H and O–H groups in total. The lowest BCUT2D eigenvalue weighted by Gasteiger charge is -2.38. The van der Waals surface area contributed by atoms with Gasteiger partial charge in [-0.1, -0.05) is 24.2 Å². The maximum atomic E-state index is 13.3. The first-order valence-corrected chi connectivity index (χ1v) is 18.8. The van der Waals surface area contributed by atoms with Gasteiger partial charge in [0.2, 0.25) is 11.8 Å². The van der Waals surface area contributed by atoms with Crippen molar-refractivity contribution in [3.8, 4) is 0 Å². The molecule has 8 atom stereocenters. The lowest BCUT2D eigenvalue weighted by molar-refractivity contribution is -0.263. The van der Waals surface area contributed by atoms with Gasteiger partial charge in [0.25, 0.3) is 5.91 Å². The Balaban J connectivity index is 1.54. The van der Waals surface area contributed by atoms with Crippen LogP contribution in [-0.2, 0) is 35.0 Å². The third-order valence-electron chi connectivity index (χ3n) is 9.11. The third-order valence-corrected chi connectivity index (χ3v) is 9.11. The zero-order valence-electron chi connectivity index (χ0n) is 33.2. The van der Waals surface area contributed by atoms with E-state index in [4.69, 9.17) is 14.2 Å². The summed E-state index contributed by atoms with van der Waals surface area (Å²) in [6.45, 7) is 3.00. The second-order valence-electron chi connectivity index (χ2n) is 13.3. The molecule has 2 aromatic heterocycles. The number of fused-ring (bicyclic) bond motifs is 1. The number of nitroso groups, excluding NO2 is 1. The molecule has 4 amide bonds. The predicted octanol–water partition coefficient (Wildman–Crippen LogP) is -0.00420. The van der Waals surface area contributed by atoms with E-state index < -0.39 is 73.9 Å². The van der Waals surface area contributed by atoms with Crippen molar-refractivity contribution >= 4 is 46.3 Å². The summed E-state index contributed by atoms with van der Waals surface area (Å²) in [5.74, 6) is -0.917. The van der Waals surface area contributed by atoms with Crippen molar-refractivity contribution in [3.63, 3.8) is 0 Å². The van der Waals surface area contributed by atoms with Crippen LogP contribution in [0.5, 0.6) is 0 Å². The first-order chi connectivity index (χ1) is 27.8. The predicted molar refractivity (Wildman–Crippen MR) is 211 cm³/mol. The SMILES string of the molecule is CC[C@@H](NC(C)=O)C(OC(OC(C(=O)NCCc1ccc(NC(=O)CCCNC(=O)n2ccc3c(NC)ncnc32)cc1)[C@H](C)N=O)[C@@H](O)CO)C(O)C(CO)OC. The fourth-order valence-corrected chi connectivity index (χ4v) is 5.93. The van der Waals surface area contributed by atoms with Crippen LogP contribution in [0, 0.1) is 4.91 Å². The average molecular weight is 818 g/mol. The maximum absolute atomic E-state index is 13.3. The quantitative estimate of drug-likeness (QED) is 0.0309. The van der Waals surface area contributed by atoms with Gasteiger partial charge in [0.15, 0.2) is 18.0 Å². The molecule has 0 saturated heterocycles. The van der Waals surface area contributed by atoms with Gasteiger partial charge in [0.05, 0.1) is 24.6 Å². The van der Waals surface area contributed by atoms with E-state index >= 15 is 0 Å². The second-order valence-corrected chi connectivity index (χ2v) is 13.3. The number of carbonyl (C=O) groups is 4. The summed E-state index contributed by atoms with van der Waals surface area (Å²) in [4.78, 5) is 70.4. The highest BCUT2D eigenvalue weighted by atomic mass is 16.7. The average Bonchev–Trinajstić information content (AvgIpc) is 3.67. The van der Waals surface area contributed by atoms with Crippen LogP contribution in [0.2, 0.25) is 0 Å². The van der Waals surface area contributed by atoms with Crippen molar-refractivity contribution in [2.24, 2.45) is 5.18 Å². The number of anilines is 2. The number of hydrogen-bond acceptors (Lipinski definition) is 16. The van der Waals surface area contributed by atoms with E-state index in [-0.39, 0.29) is 37.9 Å². The van der Waals surface area contributed by atoms with E-state index in [0.717, 1.165) is 5.56 Å². The van der Waals surface area contributed by atoms with Crippen molar-refractivity contribution in [3.05, 3.63) is 53.3 Å². The van der Waals surface area contributed by atoms with Gasteiger partial charge in [0, 0.05) is 52.5 Å². The van der Waals surface area contributed by atoms with Crippen LogP contribution in [0.3, 0.4) is 0 Å². The molecule has 3 rings (SSSR count). The number of ether oxygens (including phenoxy) is 3. The number of aliphatic hydroxyl groups excluding tert-OH is 4. The molecule has 0 aliphatic heterocycles. The Kier molecular flexibility index (Phi) is 19.5. The molecule has 0 bridgehead atoms. The minimum absolute atomic E-state index is 0.0754. The molecule has 0 fully saturated rings. The number of carbonyl (C=O) groups excluding carboxylic acids is 4. The van der Waals surface area contributed by atoms with Crippen LogP contribution in [-0.4, -0.2) is 148 Å². The number of rotatable bonds is 25. The molecule has 1 aromatic carbocycles. The Morgan fingerprint density at radius 1 is 0.983 bits per heavy atom. The summed E-state index contributed by atoms with van der Waals surface area (Å²) in [6, 6.07) is 6.04. The molecule has 58 heavy (non-hydrogen) atoms. The highest BCUT2D eigenvalue weighted by Gasteiger charge is 2.40. The van der Waals surface area contributed by atoms with Gasteiger partial charge in [-0.15, -0.1) is 0 Å². The van der Waals surface area contributed by atoms with E-state index in [1.807, 2.05) is 0 Å². The van der Waals surface area contributed by atoms with Crippen LogP contribution in [0.15, 0.2) is 48.0 Å². The van der Waals surface area contributed by atoms with Crippen LogP contribution < -0.4 is 26.6 Å². The number of aromatic nitrogens is 3. The summed E-state index contributed by atoms with van der Waals surface area (Å²) in [7, 11) is 2.96. The van der Waals surface area contributed by atoms with E-state index in [1.54, 1.807) is 50.5 Å². The number of aliphatic hydroxyl groups is 4. The molecule has 0 spiro atoms. The molecule has 320 valence electrons. The largest absolute Gasteiger partial charge is 0.394 e. The lowest BCUT2D eigenvalue weighted by Crippen LogP contribution is -2.57. The Morgan fingerprint density at radius 2 is 1.71 bits per heavy atom. The first-order valence-electron chi connectivity index (χ1n) is 18.8. The Bertz CT molecular complexity index is 1780. The molecule has 3 aromatic rings. The number of nitrogens with zero attached hydrogens (tertiary/aromatic N) is 4. The van der Waals surface area contributed by atoms with E-state index in [9.17, 15) is 44.5 Å². The minimum Gasteiger partial charge on any atom is -0.394 e. The van der Waals surface area contributed by atoms with Gasteiger partial charge in [-0.05, 0) is 49.9 Å². The smallest absolute Gasteiger partial charge is 0.327 e. The second kappa shape index (κ2) is 23.9. The van der Waals surface area contributed by atoms with E-state index in [0.29, 0.717) is 35.4 Å². The molecular weight excluding hydrogens is 762 g/mol. The number of methoxy groups -OCH3 is 1. The van der Waals surface area contributed by atoms with Gasteiger partial charge >= 0.3 is 6.03 Å². The lowest BCUT2D eigenvalue weighted by atomic mass is 9.98. The summed E-state index contributed by atoms with van der Waals surface area (Å²) < 4.78 is 18.2. The number of benzene rings is 1. The fraction of sp³-hybridized carbons (Fsp3) is 0.568. The van der Waals surface area contributed by atoms with Gasteiger partial charge in [0.1, 0.15) is 42.6 Å². The highest BCUT2D eigenvalue weighted by Crippen LogP contribution is 2.22. The van der Waals surface area contributed by atoms with Gasteiger partial charge in [-0.3, -0.25) is 19.0 Å². The van der Waals surface area contributed by atoms with Crippen molar-refractivity contribution in [2.45, 2.75) is 95.3 Å². The standard InChI is InChI=1S/C37H55N9O12/c1-6-26(43-22(3)49)32(30(52)28(19-48)56-5)58-36(27(50)18-47)57-31(21(2)45-55)35(53)39-16-13-23-9-11-24(12-10-23)44-29(51)8-7-15-40-37(54)46-17-14-25-33(38-4)41-20-42-34(25)46/h9-12,14,17,20-21,26-28,30-32,36,47-48,50,52H,6-8,13,15-16,18-19H2,1-5H3,(H,39,53)(H,40,54)(H,43,49)(H,44,51)(H,38,41,42)/t21-,26+,27-,28?,30?,31?,32?,36?/m0/s1. The molecule has 0 saturated carbocycles. The van der Waals surface area contributed by atoms with Crippen molar-refractivity contribution in [1.29, 1.82) is 0 Å².